The van der Waals surface area contributed by atoms with Gasteiger partial charge in [0, 0.05) is 43.4 Å². The van der Waals surface area contributed by atoms with Crippen molar-refractivity contribution < 1.29 is 9.59 Å². The maximum Gasteiger partial charge on any atom is 0.247 e. The number of nitrogens with zero attached hydrogens (tertiary/aromatic N) is 3. The summed E-state index contributed by atoms with van der Waals surface area (Å²) in [5.74, 6) is -0.0331. The summed E-state index contributed by atoms with van der Waals surface area (Å²) in [4.78, 5) is 27.2. The van der Waals surface area contributed by atoms with Crippen LogP contribution in [0.4, 0.5) is 0 Å². The Morgan fingerprint density at radius 2 is 1.83 bits per heavy atom. The van der Waals surface area contributed by atoms with E-state index in [0.29, 0.717) is 37.9 Å². The lowest BCUT2D eigenvalue weighted by molar-refractivity contribution is -0.121. The van der Waals surface area contributed by atoms with Gasteiger partial charge in [-0.2, -0.15) is 9.78 Å². The van der Waals surface area contributed by atoms with E-state index in [2.05, 4.69) is 29.2 Å². The highest BCUT2D eigenvalue weighted by Gasteiger charge is 2.23. The van der Waals surface area contributed by atoms with E-state index < -0.39 is 0 Å². The molecule has 1 aromatic heterocycles. The second-order valence-corrected chi connectivity index (χ2v) is 8.33. The average Bonchev–Trinajstić information content (AvgIpc) is 3.04. The van der Waals surface area contributed by atoms with E-state index in [1.54, 1.807) is 0 Å². The molecule has 2 heterocycles. The van der Waals surface area contributed by atoms with E-state index in [9.17, 15) is 9.59 Å². The number of para-hydroxylation sites is 1. The Morgan fingerprint density at radius 1 is 1.10 bits per heavy atom. The van der Waals surface area contributed by atoms with Gasteiger partial charge < -0.3 is 5.32 Å². The molecule has 1 fully saturated rings. The summed E-state index contributed by atoms with van der Waals surface area (Å²) in [6.45, 7) is 8.24. The Morgan fingerprint density at radius 3 is 2.59 bits per heavy atom. The number of hydrogen-bond donors (Lipinski definition) is 1. The minimum Gasteiger partial charge on any atom is -0.356 e. The zero-order chi connectivity index (χ0) is 20.8. The zero-order valence-corrected chi connectivity index (χ0v) is 18.0. The molecule has 0 aliphatic carbocycles. The fraction of sp³-hybridized carbons (Fsp3) is 0.609. The van der Waals surface area contributed by atoms with Crippen LogP contribution < -0.4 is 5.32 Å². The molecule has 1 N–H and O–H groups in total. The second-order valence-electron chi connectivity index (χ2n) is 8.33. The summed E-state index contributed by atoms with van der Waals surface area (Å²) in [6, 6.07) is 9.02. The fourth-order valence-electron chi connectivity index (χ4n) is 4.41. The van der Waals surface area contributed by atoms with Crippen LogP contribution in [0, 0.1) is 6.92 Å². The van der Waals surface area contributed by atoms with E-state index in [0.717, 1.165) is 29.6 Å². The van der Waals surface area contributed by atoms with Gasteiger partial charge in [-0.1, -0.05) is 24.6 Å². The molecule has 158 valence electrons. The number of fused-ring (bicyclic) bond motifs is 1. The Kier molecular flexibility index (Phi) is 7.42. The lowest BCUT2D eigenvalue weighted by Crippen LogP contribution is -2.44. The molecule has 0 spiro atoms. The number of benzene rings is 1. The monoisotopic (exact) mass is 398 g/mol. The number of likely N-dealkylation sites (tertiary alicyclic amines) is 1. The molecular weight excluding hydrogens is 364 g/mol. The first kappa shape index (κ1) is 21.5. The number of rotatable bonds is 8. The molecule has 0 radical (unpaired) electrons. The fourth-order valence-corrected chi connectivity index (χ4v) is 4.41. The summed E-state index contributed by atoms with van der Waals surface area (Å²) < 4.78 is 1.48. The molecule has 2 aromatic rings. The van der Waals surface area contributed by atoms with Crippen LogP contribution in [-0.2, 0) is 4.79 Å². The van der Waals surface area contributed by atoms with E-state index in [1.807, 2.05) is 31.2 Å². The maximum absolute atomic E-state index is 12.5. The number of hydrogen-bond acceptors (Lipinski definition) is 4. The lowest BCUT2D eigenvalue weighted by Gasteiger charge is -2.39. The second kappa shape index (κ2) is 10.0. The highest BCUT2D eigenvalue weighted by atomic mass is 16.2. The minimum atomic E-state index is -0.0600. The largest absolute Gasteiger partial charge is 0.356 e. The normalized spacial score (nSPS) is 20.1. The van der Waals surface area contributed by atoms with Crippen LogP contribution >= 0.6 is 0 Å². The van der Waals surface area contributed by atoms with Gasteiger partial charge in [-0.25, -0.2) is 0 Å². The Balaban J connectivity index is 1.36. The first-order valence-corrected chi connectivity index (χ1v) is 11.0. The van der Waals surface area contributed by atoms with Gasteiger partial charge in [0.15, 0.2) is 0 Å². The van der Waals surface area contributed by atoms with Gasteiger partial charge in [-0.3, -0.25) is 14.5 Å². The first-order valence-electron chi connectivity index (χ1n) is 11.0. The SMILES string of the molecule is Cc1nn(C(=O)CCCC(=O)NCCCN2[C@H](C)CCC[C@@H]2C)c2ccccc12. The average molecular weight is 399 g/mol. The van der Waals surface area contributed by atoms with Crippen molar-refractivity contribution in [2.24, 2.45) is 0 Å². The van der Waals surface area contributed by atoms with Gasteiger partial charge in [-0.05, 0) is 52.5 Å². The quantitative estimate of drug-likeness (QED) is 0.684. The Labute approximate surface area is 173 Å². The number of aromatic nitrogens is 2. The van der Waals surface area contributed by atoms with E-state index in [1.165, 1.54) is 23.9 Å². The van der Waals surface area contributed by atoms with Crippen molar-refractivity contribution in [2.45, 2.75) is 77.8 Å². The summed E-state index contributed by atoms with van der Waals surface area (Å²) >= 11 is 0. The van der Waals surface area contributed by atoms with Gasteiger partial charge in [0.05, 0.1) is 11.2 Å². The zero-order valence-electron chi connectivity index (χ0n) is 18.0. The molecular formula is C23H34N4O2. The van der Waals surface area contributed by atoms with Crippen LogP contribution in [0.1, 0.15) is 69.3 Å². The third-order valence-electron chi connectivity index (χ3n) is 6.09. The summed E-state index contributed by atoms with van der Waals surface area (Å²) in [5.41, 5.74) is 1.68. The van der Waals surface area contributed by atoms with E-state index >= 15 is 0 Å². The van der Waals surface area contributed by atoms with Crippen molar-refractivity contribution in [3.63, 3.8) is 0 Å². The highest BCUT2D eigenvalue weighted by Crippen LogP contribution is 2.22. The van der Waals surface area contributed by atoms with Crippen molar-refractivity contribution in [2.75, 3.05) is 13.1 Å². The predicted octanol–water partition coefficient (Wildman–Crippen LogP) is 3.92. The minimum absolute atomic E-state index is 0.0269. The van der Waals surface area contributed by atoms with Crippen molar-refractivity contribution in [3.8, 4) is 0 Å². The van der Waals surface area contributed by atoms with Crippen LogP contribution in [0.3, 0.4) is 0 Å². The molecule has 0 unspecified atom stereocenters. The van der Waals surface area contributed by atoms with Gasteiger partial charge in [-0.15, -0.1) is 0 Å². The summed E-state index contributed by atoms with van der Waals surface area (Å²) in [5, 5.41) is 8.36. The molecule has 1 aliphatic rings. The molecule has 6 nitrogen and oxygen atoms in total. The standard InChI is InChI=1S/C23H34N4O2/c1-17-9-6-10-18(2)26(17)16-8-15-24-22(28)13-7-14-23(29)27-21-12-5-4-11-20(21)19(3)25-27/h4-5,11-12,17-18H,6-10,13-16H2,1-3H3,(H,24,28)/t17-,18+. The van der Waals surface area contributed by atoms with Crippen molar-refractivity contribution >= 4 is 22.7 Å². The first-order chi connectivity index (χ1) is 14.0. The van der Waals surface area contributed by atoms with Crippen molar-refractivity contribution in [1.82, 2.24) is 20.0 Å². The van der Waals surface area contributed by atoms with Gasteiger partial charge >= 0.3 is 0 Å². The Bertz CT molecular complexity index is 835. The van der Waals surface area contributed by atoms with Gasteiger partial charge in [0.2, 0.25) is 11.8 Å². The van der Waals surface area contributed by atoms with Gasteiger partial charge in [0.25, 0.3) is 0 Å². The number of carbonyl (C=O) groups is 2. The smallest absolute Gasteiger partial charge is 0.247 e. The summed E-state index contributed by atoms with van der Waals surface area (Å²) in [7, 11) is 0. The Hall–Kier alpha value is -2.21. The molecule has 1 amide bonds. The third kappa shape index (κ3) is 5.44. The summed E-state index contributed by atoms with van der Waals surface area (Å²) in [6.07, 6.45) is 6.07. The topological polar surface area (TPSA) is 67.2 Å². The third-order valence-corrected chi connectivity index (χ3v) is 6.09. The van der Waals surface area contributed by atoms with E-state index in [4.69, 9.17) is 0 Å². The van der Waals surface area contributed by atoms with Crippen molar-refractivity contribution in [3.05, 3.63) is 30.0 Å². The van der Waals surface area contributed by atoms with Crippen molar-refractivity contribution in [1.29, 1.82) is 0 Å². The molecule has 1 saturated heterocycles. The van der Waals surface area contributed by atoms with Crippen LogP contribution in [0.5, 0.6) is 0 Å². The molecule has 3 rings (SSSR count). The number of carbonyl (C=O) groups excluding carboxylic acids is 2. The molecule has 29 heavy (non-hydrogen) atoms. The number of nitrogens with one attached hydrogen (secondary N) is 1. The number of piperidine rings is 1. The van der Waals surface area contributed by atoms with Crippen LogP contribution in [0.25, 0.3) is 10.9 Å². The number of amides is 1. The molecule has 1 aliphatic heterocycles. The predicted molar refractivity (Wildman–Crippen MR) is 116 cm³/mol. The lowest BCUT2D eigenvalue weighted by atomic mass is 9.97. The van der Waals surface area contributed by atoms with Gasteiger partial charge in [0.1, 0.15) is 0 Å². The molecule has 1 aromatic carbocycles. The highest BCUT2D eigenvalue weighted by molar-refractivity contribution is 5.92. The van der Waals surface area contributed by atoms with Crippen LogP contribution in [0.2, 0.25) is 0 Å². The molecule has 0 bridgehead atoms. The van der Waals surface area contributed by atoms with E-state index in [-0.39, 0.29) is 11.8 Å². The maximum atomic E-state index is 12.5. The van der Waals surface area contributed by atoms with Crippen LogP contribution in [-0.4, -0.2) is 51.7 Å². The number of aryl methyl sites for hydroxylation is 1. The molecule has 0 saturated carbocycles. The molecule has 6 heteroatoms. The van der Waals surface area contributed by atoms with Crippen LogP contribution in [0.15, 0.2) is 24.3 Å². The molecule has 2 atom stereocenters.